The zero-order valence-electron chi connectivity index (χ0n) is 20.5. The number of amides is 1. The smallest absolute Gasteiger partial charge is 0.343 e. The Morgan fingerprint density at radius 2 is 1.35 bits per heavy atom. The maximum atomic E-state index is 12.4. The van der Waals surface area contributed by atoms with Gasteiger partial charge in [-0.05, 0) is 84.3 Å². The molecule has 1 atom stereocenters. The van der Waals surface area contributed by atoms with Gasteiger partial charge < -0.3 is 14.2 Å². The number of hydrogen-bond donors (Lipinski definition) is 1. The van der Waals surface area contributed by atoms with Crippen molar-refractivity contribution < 1.29 is 23.8 Å². The van der Waals surface area contributed by atoms with E-state index in [1.54, 1.807) is 62.6 Å². The molecular formula is C30H26N2O5. The second kappa shape index (κ2) is 12.2. The molecule has 7 nitrogen and oxygen atoms in total. The predicted molar refractivity (Wildman–Crippen MR) is 142 cm³/mol. The largest absolute Gasteiger partial charge is 0.497 e. The monoisotopic (exact) mass is 494 g/mol. The fourth-order valence-electron chi connectivity index (χ4n) is 3.39. The summed E-state index contributed by atoms with van der Waals surface area (Å²) >= 11 is 0. The van der Waals surface area contributed by atoms with Gasteiger partial charge in [0.05, 0.1) is 18.9 Å². The first-order chi connectivity index (χ1) is 18.0. The Kier molecular flexibility index (Phi) is 8.29. The van der Waals surface area contributed by atoms with Gasteiger partial charge in [0.2, 0.25) is 0 Å². The normalized spacial score (nSPS) is 11.5. The van der Waals surface area contributed by atoms with Crippen LogP contribution in [-0.4, -0.2) is 31.3 Å². The second-order valence-electron chi connectivity index (χ2n) is 8.07. The van der Waals surface area contributed by atoms with E-state index < -0.39 is 12.1 Å². The standard InChI is InChI=1S/C30H26N2O5/c1-21(36-27-18-10-24(11-19-27)23-6-4-3-5-7-23)29(33)32-31-20-22-8-14-28(15-9-22)37-30(34)25-12-16-26(35-2)17-13-25/h3-21H,1-2H3,(H,32,33)/b31-20-/t21-/m0/s1. The van der Waals surface area contributed by atoms with Gasteiger partial charge in [-0.2, -0.15) is 5.10 Å². The lowest BCUT2D eigenvalue weighted by atomic mass is 10.1. The highest BCUT2D eigenvalue weighted by molar-refractivity contribution is 5.91. The van der Waals surface area contributed by atoms with Gasteiger partial charge in [-0.15, -0.1) is 0 Å². The van der Waals surface area contributed by atoms with E-state index in [0.717, 1.165) is 16.7 Å². The van der Waals surface area contributed by atoms with E-state index in [1.165, 1.54) is 6.21 Å². The second-order valence-corrected chi connectivity index (χ2v) is 8.07. The summed E-state index contributed by atoms with van der Waals surface area (Å²) in [7, 11) is 1.56. The van der Waals surface area contributed by atoms with Crippen LogP contribution in [0.25, 0.3) is 11.1 Å². The van der Waals surface area contributed by atoms with Crippen molar-refractivity contribution in [3.63, 3.8) is 0 Å². The Morgan fingerprint density at radius 3 is 2.00 bits per heavy atom. The summed E-state index contributed by atoms with van der Waals surface area (Å²) < 4.78 is 16.2. The van der Waals surface area contributed by atoms with E-state index in [4.69, 9.17) is 14.2 Å². The van der Waals surface area contributed by atoms with Crippen molar-refractivity contribution in [2.75, 3.05) is 7.11 Å². The van der Waals surface area contributed by atoms with Crippen molar-refractivity contribution in [2.24, 2.45) is 5.10 Å². The van der Waals surface area contributed by atoms with Gasteiger partial charge in [0.1, 0.15) is 17.2 Å². The van der Waals surface area contributed by atoms with Crippen LogP contribution in [0.1, 0.15) is 22.8 Å². The van der Waals surface area contributed by atoms with Gasteiger partial charge in [-0.25, -0.2) is 10.2 Å². The summed E-state index contributed by atoms with van der Waals surface area (Å²) in [6.07, 6.45) is 0.758. The van der Waals surface area contributed by atoms with Gasteiger partial charge >= 0.3 is 5.97 Å². The maximum Gasteiger partial charge on any atom is 0.343 e. The Morgan fingerprint density at radius 1 is 0.757 bits per heavy atom. The number of carbonyl (C=O) groups excluding carboxylic acids is 2. The molecule has 4 aromatic carbocycles. The number of nitrogens with zero attached hydrogens (tertiary/aromatic N) is 1. The Labute approximate surface area is 215 Å². The van der Waals surface area contributed by atoms with Gasteiger partial charge in [0.15, 0.2) is 6.10 Å². The average Bonchev–Trinajstić information content (AvgIpc) is 2.94. The highest BCUT2D eigenvalue weighted by Gasteiger charge is 2.14. The van der Waals surface area contributed by atoms with E-state index >= 15 is 0 Å². The SMILES string of the molecule is COc1ccc(C(=O)Oc2ccc(/C=N\NC(=O)[C@H](C)Oc3ccc(-c4ccccc4)cc3)cc2)cc1. The Hall–Kier alpha value is -4.91. The van der Waals surface area contributed by atoms with Crippen LogP contribution >= 0.6 is 0 Å². The van der Waals surface area contributed by atoms with Crippen molar-refractivity contribution in [1.82, 2.24) is 5.43 Å². The minimum absolute atomic E-state index is 0.381. The molecule has 0 aliphatic heterocycles. The van der Waals surface area contributed by atoms with Crippen LogP contribution in [0.2, 0.25) is 0 Å². The van der Waals surface area contributed by atoms with E-state index in [-0.39, 0.29) is 5.91 Å². The van der Waals surface area contributed by atoms with Crippen molar-refractivity contribution in [2.45, 2.75) is 13.0 Å². The topological polar surface area (TPSA) is 86.2 Å². The molecule has 7 heteroatoms. The summed E-state index contributed by atoms with van der Waals surface area (Å²) in [5.74, 6) is 0.785. The van der Waals surface area contributed by atoms with Crippen LogP contribution in [-0.2, 0) is 4.79 Å². The highest BCUT2D eigenvalue weighted by atomic mass is 16.5. The number of hydrogen-bond acceptors (Lipinski definition) is 6. The van der Waals surface area contributed by atoms with Crippen molar-refractivity contribution >= 4 is 18.1 Å². The van der Waals surface area contributed by atoms with Crippen molar-refractivity contribution in [1.29, 1.82) is 0 Å². The molecule has 186 valence electrons. The summed E-state index contributed by atoms with van der Waals surface area (Å²) in [5.41, 5.74) is 5.78. The average molecular weight is 495 g/mol. The van der Waals surface area contributed by atoms with Crippen molar-refractivity contribution in [3.8, 4) is 28.4 Å². The molecule has 0 saturated heterocycles. The van der Waals surface area contributed by atoms with Gasteiger partial charge in [0, 0.05) is 0 Å². The fourth-order valence-corrected chi connectivity index (χ4v) is 3.39. The van der Waals surface area contributed by atoms with Crippen LogP contribution in [0.5, 0.6) is 17.2 Å². The first-order valence-corrected chi connectivity index (χ1v) is 11.6. The molecule has 0 aliphatic rings. The third kappa shape index (κ3) is 7.05. The van der Waals surface area contributed by atoms with Gasteiger partial charge in [-0.1, -0.05) is 42.5 Å². The third-order valence-corrected chi connectivity index (χ3v) is 5.45. The molecule has 4 aromatic rings. The summed E-state index contributed by atoms with van der Waals surface area (Å²) in [6.45, 7) is 1.65. The van der Waals surface area contributed by atoms with Crippen LogP contribution in [0.3, 0.4) is 0 Å². The van der Waals surface area contributed by atoms with E-state index in [0.29, 0.717) is 22.8 Å². The lowest BCUT2D eigenvalue weighted by Gasteiger charge is -2.13. The summed E-state index contributed by atoms with van der Waals surface area (Å²) in [5, 5.41) is 3.99. The predicted octanol–water partition coefficient (Wildman–Crippen LogP) is 5.50. The lowest BCUT2D eigenvalue weighted by molar-refractivity contribution is -0.127. The Balaban J connectivity index is 1.25. The molecule has 0 aliphatic carbocycles. The number of benzene rings is 4. The first kappa shape index (κ1) is 25.2. The molecule has 1 N–H and O–H groups in total. The molecule has 0 radical (unpaired) electrons. The van der Waals surface area contributed by atoms with Crippen LogP contribution in [0.4, 0.5) is 0 Å². The van der Waals surface area contributed by atoms with Crippen LogP contribution in [0.15, 0.2) is 108 Å². The molecule has 0 unspecified atom stereocenters. The van der Waals surface area contributed by atoms with Gasteiger partial charge in [-0.3, -0.25) is 4.79 Å². The zero-order valence-corrected chi connectivity index (χ0v) is 20.5. The van der Waals surface area contributed by atoms with Crippen LogP contribution in [0, 0.1) is 0 Å². The lowest BCUT2D eigenvalue weighted by Crippen LogP contribution is -2.33. The molecule has 4 rings (SSSR count). The molecule has 0 fully saturated rings. The van der Waals surface area contributed by atoms with E-state index in [1.807, 2.05) is 54.6 Å². The molecule has 37 heavy (non-hydrogen) atoms. The number of hydrazone groups is 1. The molecule has 0 bridgehead atoms. The molecule has 0 heterocycles. The minimum atomic E-state index is -0.737. The Bertz CT molecular complexity index is 1350. The zero-order chi connectivity index (χ0) is 26.0. The number of nitrogens with one attached hydrogen (secondary N) is 1. The van der Waals surface area contributed by atoms with Crippen LogP contribution < -0.4 is 19.6 Å². The van der Waals surface area contributed by atoms with Gasteiger partial charge in [0.25, 0.3) is 5.91 Å². The molecular weight excluding hydrogens is 468 g/mol. The number of esters is 1. The summed E-state index contributed by atoms with van der Waals surface area (Å²) in [4.78, 5) is 24.6. The first-order valence-electron chi connectivity index (χ1n) is 11.6. The summed E-state index contributed by atoms with van der Waals surface area (Å²) in [6, 6.07) is 31.0. The van der Waals surface area contributed by atoms with E-state index in [9.17, 15) is 9.59 Å². The van der Waals surface area contributed by atoms with Crippen molar-refractivity contribution in [3.05, 3.63) is 114 Å². The maximum absolute atomic E-state index is 12.4. The fraction of sp³-hybridized carbons (Fsp3) is 0.100. The van der Waals surface area contributed by atoms with E-state index in [2.05, 4.69) is 10.5 Å². The molecule has 1 amide bonds. The number of methoxy groups -OCH3 is 1. The molecule has 0 saturated carbocycles. The number of ether oxygens (including phenoxy) is 3. The third-order valence-electron chi connectivity index (χ3n) is 5.45. The quantitative estimate of drug-likeness (QED) is 0.144. The highest BCUT2D eigenvalue weighted by Crippen LogP contribution is 2.22. The minimum Gasteiger partial charge on any atom is -0.497 e. The number of carbonyl (C=O) groups is 2. The number of rotatable bonds is 9. The molecule has 0 aromatic heterocycles. The molecule has 0 spiro atoms.